The van der Waals surface area contributed by atoms with Crippen molar-refractivity contribution >= 4 is 0 Å². The van der Waals surface area contributed by atoms with Crippen LogP contribution in [0.4, 0.5) is 0 Å². The van der Waals surface area contributed by atoms with E-state index in [1.165, 1.54) is 18.4 Å². The van der Waals surface area contributed by atoms with Gasteiger partial charge >= 0.3 is 0 Å². The molecule has 2 heterocycles. The zero-order valence-corrected chi connectivity index (χ0v) is 12.2. The molecule has 1 aliphatic heterocycles. The molecule has 1 aromatic heterocycles. The van der Waals surface area contributed by atoms with Crippen LogP contribution < -0.4 is 10.1 Å². The standard InChI is InChI=1S/C16H20N4O/c1-21-13-6-2-11(3-7-13)10-14-18-19-16-15(12-4-5-12)17-8-9-20(14)16/h2-3,6-7,12,15,17H,4-5,8-10H2,1H3. The molecule has 0 amide bonds. The maximum Gasteiger partial charge on any atom is 0.150 e. The number of methoxy groups -OCH3 is 1. The minimum atomic E-state index is 0.413. The van der Waals surface area contributed by atoms with Crippen LogP contribution in [0.5, 0.6) is 5.75 Å². The second-order valence-corrected chi connectivity index (χ2v) is 5.92. The predicted molar refractivity (Wildman–Crippen MR) is 79.3 cm³/mol. The normalized spacial score (nSPS) is 21.1. The fraction of sp³-hybridized carbons (Fsp3) is 0.500. The molecule has 1 atom stereocenters. The van der Waals surface area contributed by atoms with Crippen molar-refractivity contribution in [1.29, 1.82) is 0 Å². The Balaban J connectivity index is 1.58. The zero-order chi connectivity index (χ0) is 14.2. The summed E-state index contributed by atoms with van der Waals surface area (Å²) in [6, 6.07) is 8.60. The highest BCUT2D eigenvalue weighted by molar-refractivity contribution is 5.29. The largest absolute Gasteiger partial charge is 0.497 e. The molecule has 1 saturated carbocycles. The Hall–Kier alpha value is -1.88. The molecule has 2 aromatic rings. The number of hydrogen-bond donors (Lipinski definition) is 1. The lowest BCUT2D eigenvalue weighted by Crippen LogP contribution is -2.35. The lowest BCUT2D eigenvalue weighted by atomic mass is 10.1. The predicted octanol–water partition coefficient (Wildman–Crippen LogP) is 1.93. The van der Waals surface area contributed by atoms with Gasteiger partial charge in [-0.15, -0.1) is 10.2 Å². The third kappa shape index (κ3) is 2.42. The Labute approximate surface area is 124 Å². The average molecular weight is 284 g/mol. The van der Waals surface area contributed by atoms with Crippen molar-refractivity contribution in [2.24, 2.45) is 5.92 Å². The van der Waals surface area contributed by atoms with Crippen LogP contribution in [0.25, 0.3) is 0 Å². The average Bonchev–Trinajstić information content (AvgIpc) is 3.30. The Kier molecular flexibility index (Phi) is 3.15. The lowest BCUT2D eigenvalue weighted by Gasteiger charge is -2.25. The topological polar surface area (TPSA) is 52.0 Å². The number of nitrogens with zero attached hydrogens (tertiary/aromatic N) is 3. The van der Waals surface area contributed by atoms with Crippen LogP contribution in [0.3, 0.4) is 0 Å². The van der Waals surface area contributed by atoms with Crippen molar-refractivity contribution in [3.8, 4) is 5.75 Å². The first-order valence-electron chi connectivity index (χ1n) is 7.63. The Bertz CT molecular complexity index is 630. The van der Waals surface area contributed by atoms with Gasteiger partial charge in [0.25, 0.3) is 0 Å². The van der Waals surface area contributed by atoms with Gasteiger partial charge in [0.2, 0.25) is 0 Å². The number of benzene rings is 1. The first-order chi connectivity index (χ1) is 10.3. The molecule has 0 bridgehead atoms. The summed E-state index contributed by atoms with van der Waals surface area (Å²) in [5.41, 5.74) is 1.24. The Morgan fingerprint density at radius 1 is 1.24 bits per heavy atom. The van der Waals surface area contributed by atoms with Gasteiger partial charge in [0.15, 0.2) is 5.82 Å². The first-order valence-corrected chi connectivity index (χ1v) is 7.63. The van der Waals surface area contributed by atoms with Crippen LogP contribution in [0, 0.1) is 5.92 Å². The molecule has 0 radical (unpaired) electrons. The fourth-order valence-electron chi connectivity index (χ4n) is 3.11. The van der Waals surface area contributed by atoms with Gasteiger partial charge in [-0.05, 0) is 36.5 Å². The first kappa shape index (κ1) is 12.8. The molecule has 21 heavy (non-hydrogen) atoms. The van der Waals surface area contributed by atoms with E-state index in [4.69, 9.17) is 4.74 Å². The monoisotopic (exact) mass is 284 g/mol. The van der Waals surface area contributed by atoms with Crippen LogP contribution in [-0.2, 0) is 13.0 Å². The van der Waals surface area contributed by atoms with E-state index in [2.05, 4.69) is 32.2 Å². The molecule has 1 aromatic carbocycles. The van der Waals surface area contributed by atoms with Crippen molar-refractivity contribution in [2.45, 2.75) is 31.8 Å². The number of ether oxygens (including phenoxy) is 1. The third-order valence-corrected chi connectivity index (χ3v) is 4.45. The third-order valence-electron chi connectivity index (χ3n) is 4.45. The van der Waals surface area contributed by atoms with Gasteiger partial charge in [-0.1, -0.05) is 12.1 Å². The van der Waals surface area contributed by atoms with E-state index in [0.717, 1.165) is 42.8 Å². The van der Waals surface area contributed by atoms with E-state index in [0.29, 0.717) is 6.04 Å². The number of nitrogens with one attached hydrogen (secondary N) is 1. The van der Waals surface area contributed by atoms with Crippen molar-refractivity contribution < 1.29 is 4.74 Å². The summed E-state index contributed by atoms with van der Waals surface area (Å²) in [6.45, 7) is 1.98. The quantitative estimate of drug-likeness (QED) is 0.932. The lowest BCUT2D eigenvalue weighted by molar-refractivity contribution is 0.377. The highest BCUT2D eigenvalue weighted by atomic mass is 16.5. The molecule has 1 N–H and O–H groups in total. The number of aromatic nitrogens is 3. The zero-order valence-electron chi connectivity index (χ0n) is 12.2. The highest BCUT2D eigenvalue weighted by Crippen LogP contribution is 2.41. The molecular weight excluding hydrogens is 264 g/mol. The summed E-state index contributed by atoms with van der Waals surface area (Å²) in [6.07, 6.45) is 3.46. The number of hydrogen-bond acceptors (Lipinski definition) is 4. The minimum Gasteiger partial charge on any atom is -0.497 e. The molecule has 5 nitrogen and oxygen atoms in total. The smallest absolute Gasteiger partial charge is 0.150 e. The van der Waals surface area contributed by atoms with Crippen molar-refractivity contribution in [1.82, 2.24) is 20.1 Å². The maximum absolute atomic E-state index is 5.20. The van der Waals surface area contributed by atoms with Crippen molar-refractivity contribution in [2.75, 3.05) is 13.7 Å². The summed E-state index contributed by atoms with van der Waals surface area (Å²) in [4.78, 5) is 0. The fourth-order valence-corrected chi connectivity index (χ4v) is 3.11. The molecule has 1 aliphatic carbocycles. The summed E-state index contributed by atoms with van der Waals surface area (Å²) >= 11 is 0. The van der Waals surface area contributed by atoms with Crippen LogP contribution in [-0.4, -0.2) is 28.4 Å². The van der Waals surface area contributed by atoms with Gasteiger partial charge < -0.3 is 14.6 Å². The van der Waals surface area contributed by atoms with Gasteiger partial charge in [0.1, 0.15) is 11.6 Å². The second-order valence-electron chi connectivity index (χ2n) is 5.92. The van der Waals surface area contributed by atoms with E-state index in [9.17, 15) is 0 Å². The molecule has 0 saturated heterocycles. The second kappa shape index (κ2) is 5.15. The molecule has 110 valence electrons. The molecular formula is C16H20N4O. The molecule has 4 rings (SSSR count). The van der Waals surface area contributed by atoms with Crippen molar-refractivity contribution in [3.63, 3.8) is 0 Å². The van der Waals surface area contributed by atoms with Gasteiger partial charge in [-0.3, -0.25) is 0 Å². The Morgan fingerprint density at radius 3 is 2.76 bits per heavy atom. The molecule has 0 spiro atoms. The van der Waals surface area contributed by atoms with Gasteiger partial charge in [-0.25, -0.2) is 0 Å². The van der Waals surface area contributed by atoms with Crippen LogP contribution in [0.15, 0.2) is 24.3 Å². The van der Waals surface area contributed by atoms with Crippen molar-refractivity contribution in [3.05, 3.63) is 41.5 Å². The van der Waals surface area contributed by atoms with Crippen LogP contribution in [0.2, 0.25) is 0 Å². The SMILES string of the molecule is COc1ccc(Cc2nnc3n2CCNC3C2CC2)cc1. The van der Waals surface area contributed by atoms with E-state index < -0.39 is 0 Å². The minimum absolute atomic E-state index is 0.413. The van der Waals surface area contributed by atoms with E-state index >= 15 is 0 Å². The van der Waals surface area contributed by atoms with E-state index in [1.807, 2.05) is 12.1 Å². The molecule has 2 aliphatic rings. The van der Waals surface area contributed by atoms with Gasteiger partial charge in [0.05, 0.1) is 13.2 Å². The summed E-state index contributed by atoms with van der Waals surface area (Å²) in [5, 5.41) is 12.5. The van der Waals surface area contributed by atoms with Gasteiger partial charge in [-0.2, -0.15) is 0 Å². The summed E-state index contributed by atoms with van der Waals surface area (Å²) in [7, 11) is 1.69. The van der Waals surface area contributed by atoms with Crippen LogP contribution >= 0.6 is 0 Å². The van der Waals surface area contributed by atoms with E-state index in [-0.39, 0.29) is 0 Å². The number of rotatable bonds is 4. The van der Waals surface area contributed by atoms with E-state index in [1.54, 1.807) is 7.11 Å². The molecule has 5 heteroatoms. The molecule has 1 fully saturated rings. The van der Waals surface area contributed by atoms with Gasteiger partial charge in [0, 0.05) is 19.5 Å². The van der Waals surface area contributed by atoms with Crippen LogP contribution in [0.1, 0.15) is 36.1 Å². The Morgan fingerprint density at radius 2 is 2.05 bits per heavy atom. The highest BCUT2D eigenvalue weighted by Gasteiger charge is 2.37. The number of fused-ring (bicyclic) bond motifs is 1. The maximum atomic E-state index is 5.20. The molecule has 1 unspecified atom stereocenters. The summed E-state index contributed by atoms with van der Waals surface area (Å²) < 4.78 is 7.51. The summed E-state index contributed by atoms with van der Waals surface area (Å²) in [5.74, 6) is 3.86.